The Balaban J connectivity index is 1.61. The summed E-state index contributed by atoms with van der Waals surface area (Å²) in [4.78, 5) is 26.1. The van der Waals surface area contributed by atoms with Gasteiger partial charge in [0.1, 0.15) is 5.75 Å². The van der Waals surface area contributed by atoms with Gasteiger partial charge in [-0.1, -0.05) is 12.8 Å². The summed E-state index contributed by atoms with van der Waals surface area (Å²) in [5.41, 5.74) is 0.850. The van der Waals surface area contributed by atoms with Gasteiger partial charge < -0.3 is 15.0 Å². The number of benzene rings is 1. The number of rotatable bonds is 4. The molecule has 2 aliphatic rings. The summed E-state index contributed by atoms with van der Waals surface area (Å²) in [5.74, 6) is 1.08. The Morgan fingerprint density at radius 1 is 1.23 bits per heavy atom. The van der Waals surface area contributed by atoms with Crippen molar-refractivity contribution < 1.29 is 14.3 Å². The maximum Gasteiger partial charge on any atom is 0.229 e. The molecule has 0 unspecified atom stereocenters. The van der Waals surface area contributed by atoms with Crippen LogP contribution in [0, 0.1) is 5.92 Å². The van der Waals surface area contributed by atoms with Gasteiger partial charge in [-0.05, 0) is 37.1 Å². The largest absolute Gasteiger partial charge is 0.497 e. The van der Waals surface area contributed by atoms with Gasteiger partial charge >= 0.3 is 0 Å². The van der Waals surface area contributed by atoms with Crippen molar-refractivity contribution in [2.45, 2.75) is 38.1 Å². The van der Waals surface area contributed by atoms with E-state index in [4.69, 9.17) is 4.74 Å². The van der Waals surface area contributed by atoms with Crippen LogP contribution in [-0.4, -0.2) is 31.5 Å². The molecule has 0 radical (unpaired) electrons. The van der Waals surface area contributed by atoms with E-state index in [-0.39, 0.29) is 23.8 Å². The average Bonchev–Trinajstić information content (AvgIpc) is 3.17. The zero-order valence-corrected chi connectivity index (χ0v) is 12.9. The Hall–Kier alpha value is -2.04. The summed E-state index contributed by atoms with van der Waals surface area (Å²) in [6.07, 6.45) is 4.62. The molecule has 1 aliphatic heterocycles. The van der Waals surface area contributed by atoms with E-state index in [1.807, 2.05) is 24.3 Å². The molecule has 5 nitrogen and oxygen atoms in total. The highest BCUT2D eigenvalue weighted by atomic mass is 16.5. The third-order valence-corrected chi connectivity index (χ3v) is 4.58. The van der Waals surface area contributed by atoms with Crippen molar-refractivity contribution in [2.75, 3.05) is 18.6 Å². The number of anilines is 1. The standard InChI is InChI=1S/C17H22N2O3/c1-22-15-8-6-14(7-9-15)19-11-13(10-16(19)20)18-17(21)12-4-2-3-5-12/h6-9,12-13H,2-5,10-11H2,1H3,(H,18,21)/t13-/m0/s1. The van der Waals surface area contributed by atoms with E-state index in [0.717, 1.165) is 37.1 Å². The molecular formula is C17H22N2O3. The summed E-state index contributed by atoms with van der Waals surface area (Å²) in [7, 11) is 1.62. The highest BCUT2D eigenvalue weighted by Crippen LogP contribution is 2.27. The minimum absolute atomic E-state index is 0.0573. The molecule has 118 valence electrons. The van der Waals surface area contributed by atoms with Crippen LogP contribution in [0.1, 0.15) is 32.1 Å². The number of hydrogen-bond donors (Lipinski definition) is 1. The van der Waals surface area contributed by atoms with Crippen molar-refractivity contribution in [3.63, 3.8) is 0 Å². The van der Waals surface area contributed by atoms with E-state index < -0.39 is 0 Å². The zero-order valence-electron chi connectivity index (χ0n) is 12.9. The fourth-order valence-corrected chi connectivity index (χ4v) is 3.32. The first-order valence-electron chi connectivity index (χ1n) is 7.92. The fraction of sp³-hybridized carbons (Fsp3) is 0.529. The maximum absolute atomic E-state index is 12.2. The molecule has 0 aromatic heterocycles. The molecular weight excluding hydrogens is 280 g/mol. The van der Waals surface area contributed by atoms with Gasteiger partial charge in [0.25, 0.3) is 0 Å². The first kappa shape index (κ1) is 14.9. The monoisotopic (exact) mass is 302 g/mol. The van der Waals surface area contributed by atoms with Crippen molar-refractivity contribution in [3.05, 3.63) is 24.3 Å². The van der Waals surface area contributed by atoms with Crippen molar-refractivity contribution in [1.29, 1.82) is 0 Å². The van der Waals surface area contributed by atoms with Gasteiger partial charge in [-0.3, -0.25) is 9.59 Å². The van der Waals surface area contributed by atoms with Crippen LogP contribution in [0.2, 0.25) is 0 Å². The highest BCUT2D eigenvalue weighted by Gasteiger charge is 2.33. The number of ether oxygens (including phenoxy) is 1. The first-order chi connectivity index (χ1) is 10.7. The number of carbonyl (C=O) groups excluding carboxylic acids is 2. The number of nitrogens with zero attached hydrogens (tertiary/aromatic N) is 1. The minimum atomic E-state index is -0.0808. The summed E-state index contributed by atoms with van der Waals surface area (Å²) in [6.45, 7) is 0.545. The van der Waals surface area contributed by atoms with Gasteiger partial charge in [0.05, 0.1) is 13.2 Å². The highest BCUT2D eigenvalue weighted by molar-refractivity contribution is 5.97. The minimum Gasteiger partial charge on any atom is -0.497 e. The zero-order chi connectivity index (χ0) is 15.5. The normalized spacial score (nSPS) is 22.1. The van der Waals surface area contributed by atoms with Crippen molar-refractivity contribution in [2.24, 2.45) is 5.92 Å². The van der Waals surface area contributed by atoms with Crippen LogP contribution >= 0.6 is 0 Å². The summed E-state index contributed by atoms with van der Waals surface area (Å²) in [5, 5.41) is 3.05. The van der Waals surface area contributed by atoms with Crippen LogP contribution in [0.4, 0.5) is 5.69 Å². The fourth-order valence-electron chi connectivity index (χ4n) is 3.32. The van der Waals surface area contributed by atoms with E-state index in [2.05, 4.69) is 5.32 Å². The lowest BCUT2D eigenvalue weighted by Gasteiger charge is -2.18. The molecule has 1 saturated carbocycles. The van der Waals surface area contributed by atoms with Crippen LogP contribution in [0.15, 0.2) is 24.3 Å². The summed E-state index contributed by atoms with van der Waals surface area (Å²) in [6, 6.07) is 7.35. The number of nitrogens with one attached hydrogen (secondary N) is 1. The van der Waals surface area contributed by atoms with Crippen molar-refractivity contribution in [1.82, 2.24) is 5.32 Å². The molecule has 3 rings (SSSR count). The second-order valence-corrected chi connectivity index (χ2v) is 6.09. The van der Waals surface area contributed by atoms with Crippen LogP contribution in [0.5, 0.6) is 5.75 Å². The van der Waals surface area contributed by atoms with Crippen molar-refractivity contribution >= 4 is 17.5 Å². The van der Waals surface area contributed by atoms with Crippen LogP contribution in [-0.2, 0) is 9.59 Å². The van der Waals surface area contributed by atoms with Gasteiger partial charge in [0.15, 0.2) is 0 Å². The summed E-state index contributed by atoms with van der Waals surface area (Å²) >= 11 is 0. The van der Waals surface area contributed by atoms with Gasteiger partial charge in [-0.25, -0.2) is 0 Å². The van der Waals surface area contributed by atoms with E-state index in [9.17, 15) is 9.59 Å². The number of carbonyl (C=O) groups is 2. The van der Waals surface area contributed by atoms with Gasteiger partial charge in [-0.15, -0.1) is 0 Å². The van der Waals surface area contributed by atoms with E-state index >= 15 is 0 Å². The summed E-state index contributed by atoms with van der Waals surface area (Å²) < 4.78 is 5.13. The lowest BCUT2D eigenvalue weighted by atomic mass is 10.1. The Bertz CT molecular complexity index is 550. The molecule has 5 heteroatoms. The Morgan fingerprint density at radius 3 is 2.55 bits per heavy atom. The second kappa shape index (κ2) is 6.38. The lowest BCUT2D eigenvalue weighted by Crippen LogP contribution is -2.40. The molecule has 1 atom stereocenters. The van der Waals surface area contributed by atoms with E-state index in [0.29, 0.717) is 13.0 Å². The van der Waals surface area contributed by atoms with Gasteiger partial charge in [-0.2, -0.15) is 0 Å². The molecule has 0 bridgehead atoms. The molecule has 1 aliphatic carbocycles. The SMILES string of the molecule is COc1ccc(N2C[C@@H](NC(=O)C3CCCC3)CC2=O)cc1. The molecule has 2 fully saturated rings. The topological polar surface area (TPSA) is 58.6 Å². The lowest BCUT2D eigenvalue weighted by molar-refractivity contribution is -0.125. The molecule has 1 heterocycles. The predicted molar refractivity (Wildman–Crippen MR) is 83.9 cm³/mol. The van der Waals surface area contributed by atoms with Gasteiger partial charge in [0.2, 0.25) is 11.8 Å². The number of methoxy groups -OCH3 is 1. The maximum atomic E-state index is 12.2. The number of amides is 2. The molecule has 1 N–H and O–H groups in total. The Labute approximate surface area is 130 Å². The molecule has 1 aromatic carbocycles. The molecule has 2 amide bonds. The van der Waals surface area contributed by atoms with E-state index in [1.54, 1.807) is 12.0 Å². The quantitative estimate of drug-likeness (QED) is 0.926. The van der Waals surface area contributed by atoms with Crippen LogP contribution in [0.25, 0.3) is 0 Å². The smallest absolute Gasteiger partial charge is 0.229 e. The van der Waals surface area contributed by atoms with Gasteiger partial charge in [0, 0.05) is 24.6 Å². The Morgan fingerprint density at radius 2 is 1.91 bits per heavy atom. The predicted octanol–water partition coefficient (Wildman–Crippen LogP) is 2.11. The van der Waals surface area contributed by atoms with E-state index in [1.165, 1.54) is 0 Å². The van der Waals surface area contributed by atoms with Crippen LogP contribution in [0.3, 0.4) is 0 Å². The average molecular weight is 302 g/mol. The number of hydrogen-bond acceptors (Lipinski definition) is 3. The van der Waals surface area contributed by atoms with Crippen molar-refractivity contribution in [3.8, 4) is 5.75 Å². The molecule has 0 spiro atoms. The third kappa shape index (κ3) is 3.08. The third-order valence-electron chi connectivity index (χ3n) is 4.58. The Kier molecular flexibility index (Phi) is 4.32. The molecule has 1 saturated heterocycles. The first-order valence-corrected chi connectivity index (χ1v) is 7.92. The molecule has 22 heavy (non-hydrogen) atoms. The molecule has 1 aromatic rings. The second-order valence-electron chi connectivity index (χ2n) is 6.09. The van der Waals surface area contributed by atoms with Crippen LogP contribution < -0.4 is 15.0 Å².